The number of hydrogen-bond acceptors (Lipinski definition) is 4. The number of methoxy groups -OCH3 is 2. The van der Waals surface area contributed by atoms with Gasteiger partial charge in [0.15, 0.2) is 11.5 Å². The van der Waals surface area contributed by atoms with Gasteiger partial charge < -0.3 is 14.8 Å². The van der Waals surface area contributed by atoms with Crippen molar-refractivity contribution in [1.29, 1.82) is 0 Å². The third-order valence-corrected chi connectivity index (χ3v) is 3.68. The summed E-state index contributed by atoms with van der Waals surface area (Å²) in [6.45, 7) is 8.03. The summed E-state index contributed by atoms with van der Waals surface area (Å²) in [5.41, 5.74) is 2.28. The molecule has 5 heteroatoms. The van der Waals surface area contributed by atoms with Gasteiger partial charge in [0, 0.05) is 18.6 Å². The van der Waals surface area contributed by atoms with Crippen LogP contribution in [0, 0.1) is 0 Å². The van der Waals surface area contributed by atoms with Crippen LogP contribution >= 0.6 is 0 Å². The van der Waals surface area contributed by atoms with Gasteiger partial charge in [-0.25, -0.2) is 0 Å². The van der Waals surface area contributed by atoms with Gasteiger partial charge >= 0.3 is 0 Å². The zero-order valence-corrected chi connectivity index (χ0v) is 14.2. The van der Waals surface area contributed by atoms with Crippen LogP contribution in [0.4, 0.5) is 0 Å². The number of carbonyl (C=O) groups excluding carboxylic acids is 1. The lowest BCUT2D eigenvalue weighted by atomic mass is 9.98. The van der Waals surface area contributed by atoms with Crippen molar-refractivity contribution in [3.8, 4) is 11.5 Å². The molecule has 0 fully saturated rings. The van der Waals surface area contributed by atoms with Crippen molar-refractivity contribution in [3.05, 3.63) is 23.3 Å². The van der Waals surface area contributed by atoms with Gasteiger partial charge in [0.25, 0.3) is 0 Å². The third kappa shape index (κ3) is 4.13. The number of carbonyl (C=O) groups is 1. The quantitative estimate of drug-likeness (QED) is 0.924. The molecule has 0 bridgehead atoms. The number of rotatable bonds is 4. The number of benzene rings is 1. The molecule has 0 aliphatic carbocycles. The van der Waals surface area contributed by atoms with Crippen molar-refractivity contribution in [2.45, 2.75) is 39.3 Å². The van der Waals surface area contributed by atoms with Crippen LogP contribution in [0.2, 0.25) is 0 Å². The maximum atomic E-state index is 12.1. The number of nitrogens with one attached hydrogen (secondary N) is 1. The van der Waals surface area contributed by atoms with Gasteiger partial charge in [-0.3, -0.25) is 9.69 Å². The molecule has 1 N–H and O–H groups in total. The molecule has 22 heavy (non-hydrogen) atoms. The molecule has 1 aromatic carbocycles. The normalized spacial score (nSPS) is 15.1. The highest BCUT2D eigenvalue weighted by Gasteiger charge is 2.22. The van der Waals surface area contributed by atoms with E-state index in [2.05, 4.69) is 10.2 Å². The van der Waals surface area contributed by atoms with Gasteiger partial charge in [0.05, 0.1) is 20.8 Å². The SMILES string of the molecule is COc1cc2c(cc1OC)CN(CC(=O)NC(C)(C)C)CC2. The fraction of sp³-hybridized carbons (Fsp3) is 0.588. The average molecular weight is 306 g/mol. The Morgan fingerprint density at radius 3 is 2.32 bits per heavy atom. The smallest absolute Gasteiger partial charge is 0.234 e. The van der Waals surface area contributed by atoms with E-state index in [1.54, 1.807) is 14.2 Å². The third-order valence-electron chi connectivity index (χ3n) is 3.68. The van der Waals surface area contributed by atoms with E-state index in [-0.39, 0.29) is 11.4 Å². The van der Waals surface area contributed by atoms with Crippen molar-refractivity contribution in [1.82, 2.24) is 10.2 Å². The Morgan fingerprint density at radius 1 is 1.18 bits per heavy atom. The van der Waals surface area contributed by atoms with Crippen LogP contribution < -0.4 is 14.8 Å². The van der Waals surface area contributed by atoms with E-state index in [1.807, 2.05) is 32.9 Å². The Labute approximate surface area is 132 Å². The fourth-order valence-electron chi connectivity index (χ4n) is 2.74. The summed E-state index contributed by atoms with van der Waals surface area (Å²) in [6, 6.07) is 4.06. The molecule has 122 valence electrons. The number of nitrogens with zero attached hydrogens (tertiary/aromatic N) is 1. The number of ether oxygens (including phenoxy) is 2. The maximum Gasteiger partial charge on any atom is 0.234 e. The van der Waals surface area contributed by atoms with Gasteiger partial charge in [-0.05, 0) is 50.5 Å². The minimum Gasteiger partial charge on any atom is -0.493 e. The summed E-state index contributed by atoms with van der Waals surface area (Å²) >= 11 is 0. The van der Waals surface area contributed by atoms with Gasteiger partial charge in [-0.15, -0.1) is 0 Å². The Balaban J connectivity index is 2.06. The van der Waals surface area contributed by atoms with E-state index in [1.165, 1.54) is 11.1 Å². The zero-order valence-electron chi connectivity index (χ0n) is 14.2. The summed E-state index contributed by atoms with van der Waals surface area (Å²) in [4.78, 5) is 14.2. The predicted molar refractivity (Wildman–Crippen MR) is 86.4 cm³/mol. The second-order valence-electron chi connectivity index (χ2n) is 6.73. The monoisotopic (exact) mass is 306 g/mol. The van der Waals surface area contributed by atoms with E-state index in [0.29, 0.717) is 6.54 Å². The van der Waals surface area contributed by atoms with E-state index in [9.17, 15) is 4.79 Å². The molecule has 1 aliphatic rings. The van der Waals surface area contributed by atoms with Gasteiger partial charge in [0.1, 0.15) is 0 Å². The Hall–Kier alpha value is -1.75. The standard InChI is InChI=1S/C17H26N2O3/c1-17(2,3)18-16(20)11-19-7-6-12-8-14(21-4)15(22-5)9-13(12)10-19/h8-9H,6-7,10-11H2,1-5H3,(H,18,20). The van der Waals surface area contributed by atoms with Crippen molar-refractivity contribution in [2.24, 2.45) is 0 Å². The van der Waals surface area contributed by atoms with Crippen molar-refractivity contribution < 1.29 is 14.3 Å². The van der Waals surface area contributed by atoms with Crippen LogP contribution in [0.5, 0.6) is 11.5 Å². The molecule has 1 aromatic rings. The first kappa shape index (κ1) is 16.6. The van der Waals surface area contributed by atoms with Crippen molar-refractivity contribution >= 4 is 5.91 Å². The summed E-state index contributed by atoms with van der Waals surface area (Å²) < 4.78 is 10.7. The molecule has 2 rings (SSSR count). The highest BCUT2D eigenvalue weighted by atomic mass is 16.5. The molecule has 0 aromatic heterocycles. The lowest BCUT2D eigenvalue weighted by molar-refractivity contribution is -0.123. The molecule has 0 saturated heterocycles. The van der Waals surface area contributed by atoms with E-state index < -0.39 is 0 Å². The summed E-state index contributed by atoms with van der Waals surface area (Å²) in [5.74, 6) is 1.57. The Kier molecular flexibility index (Phi) is 4.96. The van der Waals surface area contributed by atoms with Crippen LogP contribution in [0.1, 0.15) is 31.9 Å². The molecule has 0 radical (unpaired) electrons. The highest BCUT2D eigenvalue weighted by molar-refractivity contribution is 5.78. The van der Waals surface area contributed by atoms with Crippen molar-refractivity contribution in [2.75, 3.05) is 27.3 Å². The highest BCUT2D eigenvalue weighted by Crippen LogP contribution is 2.33. The van der Waals surface area contributed by atoms with Crippen LogP contribution in [0.25, 0.3) is 0 Å². The molecule has 5 nitrogen and oxygen atoms in total. The maximum absolute atomic E-state index is 12.1. The summed E-state index contributed by atoms with van der Waals surface area (Å²) in [7, 11) is 3.29. The minimum atomic E-state index is -0.193. The van der Waals surface area contributed by atoms with E-state index in [0.717, 1.165) is 31.0 Å². The second kappa shape index (κ2) is 6.57. The fourth-order valence-corrected chi connectivity index (χ4v) is 2.74. The minimum absolute atomic E-state index is 0.0661. The van der Waals surface area contributed by atoms with Gasteiger partial charge in [-0.2, -0.15) is 0 Å². The molecule has 0 saturated carbocycles. The number of fused-ring (bicyclic) bond motifs is 1. The van der Waals surface area contributed by atoms with Crippen molar-refractivity contribution in [3.63, 3.8) is 0 Å². The van der Waals surface area contributed by atoms with Crippen LogP contribution in [-0.2, 0) is 17.8 Å². The van der Waals surface area contributed by atoms with Crippen LogP contribution in [0.15, 0.2) is 12.1 Å². The summed E-state index contributed by atoms with van der Waals surface area (Å²) in [6.07, 6.45) is 0.915. The molecule has 1 heterocycles. The lowest BCUT2D eigenvalue weighted by Crippen LogP contribution is -2.46. The largest absolute Gasteiger partial charge is 0.493 e. The molecule has 1 amide bonds. The molecular formula is C17H26N2O3. The first-order valence-electron chi connectivity index (χ1n) is 7.59. The number of hydrogen-bond donors (Lipinski definition) is 1. The molecular weight excluding hydrogens is 280 g/mol. The Morgan fingerprint density at radius 2 is 1.77 bits per heavy atom. The molecule has 0 unspecified atom stereocenters. The Bertz CT molecular complexity index is 550. The summed E-state index contributed by atoms with van der Waals surface area (Å²) in [5, 5.41) is 3.01. The van der Waals surface area contributed by atoms with E-state index >= 15 is 0 Å². The average Bonchev–Trinajstić information content (AvgIpc) is 2.43. The van der Waals surface area contributed by atoms with Gasteiger partial charge in [0.2, 0.25) is 5.91 Å². The molecule has 0 spiro atoms. The van der Waals surface area contributed by atoms with Crippen LogP contribution in [-0.4, -0.2) is 43.7 Å². The van der Waals surface area contributed by atoms with Gasteiger partial charge in [-0.1, -0.05) is 0 Å². The zero-order chi connectivity index (χ0) is 16.3. The molecule has 0 atom stereocenters. The second-order valence-corrected chi connectivity index (χ2v) is 6.73. The van der Waals surface area contributed by atoms with E-state index in [4.69, 9.17) is 9.47 Å². The topological polar surface area (TPSA) is 50.8 Å². The molecule has 1 aliphatic heterocycles. The van der Waals surface area contributed by atoms with Crippen LogP contribution in [0.3, 0.4) is 0 Å². The predicted octanol–water partition coefficient (Wildman–Crippen LogP) is 1.98. The first-order chi connectivity index (χ1) is 10.3. The number of amides is 1. The first-order valence-corrected chi connectivity index (χ1v) is 7.59. The lowest BCUT2D eigenvalue weighted by Gasteiger charge is -2.30.